The maximum atomic E-state index is 12.4. The highest BCUT2D eigenvalue weighted by Gasteiger charge is 2.10. The third kappa shape index (κ3) is 4.23. The van der Waals surface area contributed by atoms with Crippen LogP contribution in [-0.4, -0.2) is 21.7 Å². The van der Waals surface area contributed by atoms with Crippen LogP contribution in [0.3, 0.4) is 0 Å². The van der Waals surface area contributed by atoms with E-state index in [4.69, 9.17) is 11.6 Å². The molecule has 0 fully saturated rings. The zero-order chi connectivity index (χ0) is 18.5. The average molecular weight is 367 g/mol. The molecule has 0 aliphatic rings. The summed E-state index contributed by atoms with van der Waals surface area (Å²) in [5, 5.41) is 6.24. The third-order valence-electron chi connectivity index (χ3n) is 3.56. The van der Waals surface area contributed by atoms with Gasteiger partial charge in [-0.2, -0.15) is 0 Å². The number of carbonyl (C=O) groups excluding carboxylic acids is 2. The van der Waals surface area contributed by atoms with Gasteiger partial charge < -0.3 is 10.6 Å². The number of para-hydroxylation sites is 1. The molecule has 26 heavy (non-hydrogen) atoms. The van der Waals surface area contributed by atoms with Crippen molar-refractivity contribution in [2.45, 2.75) is 6.92 Å². The molecule has 0 aliphatic carbocycles. The number of benzene rings is 2. The molecule has 0 aliphatic heterocycles. The normalized spacial score (nSPS) is 10.2. The number of hydrogen-bond acceptors (Lipinski definition) is 5. The van der Waals surface area contributed by atoms with Gasteiger partial charge >= 0.3 is 0 Å². The minimum atomic E-state index is -0.384. The number of halogens is 1. The van der Waals surface area contributed by atoms with E-state index in [0.29, 0.717) is 22.0 Å². The van der Waals surface area contributed by atoms with Crippen molar-refractivity contribution < 1.29 is 9.59 Å². The van der Waals surface area contributed by atoms with E-state index in [1.807, 2.05) is 12.1 Å². The van der Waals surface area contributed by atoms with Gasteiger partial charge in [0.05, 0.1) is 10.7 Å². The standard InChI is InChI=1S/C19H15ClN4O2/c1-12(25)13-6-8-14(9-7-13)22-18(26)17-10-11-21-19(24-17)23-16-5-3-2-4-15(16)20/h2-11H,1H3,(H,22,26)(H,21,23,24). The van der Waals surface area contributed by atoms with E-state index in [2.05, 4.69) is 20.6 Å². The molecule has 0 spiro atoms. The molecule has 0 unspecified atom stereocenters. The second kappa shape index (κ2) is 7.76. The number of amides is 1. The molecule has 2 aromatic carbocycles. The van der Waals surface area contributed by atoms with E-state index in [-0.39, 0.29) is 23.3 Å². The Kier molecular flexibility index (Phi) is 5.24. The Morgan fingerprint density at radius 3 is 2.42 bits per heavy atom. The van der Waals surface area contributed by atoms with Gasteiger partial charge in [-0.25, -0.2) is 9.97 Å². The lowest BCUT2D eigenvalue weighted by Gasteiger charge is -2.08. The first-order valence-corrected chi connectivity index (χ1v) is 8.17. The van der Waals surface area contributed by atoms with E-state index in [0.717, 1.165) is 0 Å². The maximum absolute atomic E-state index is 12.4. The molecule has 3 rings (SSSR count). The monoisotopic (exact) mass is 366 g/mol. The summed E-state index contributed by atoms with van der Waals surface area (Å²) in [6.45, 7) is 1.49. The summed E-state index contributed by atoms with van der Waals surface area (Å²) in [6.07, 6.45) is 1.49. The van der Waals surface area contributed by atoms with Gasteiger partial charge in [0.25, 0.3) is 5.91 Å². The Morgan fingerprint density at radius 1 is 1.00 bits per heavy atom. The van der Waals surface area contributed by atoms with Crippen LogP contribution in [0, 0.1) is 0 Å². The molecule has 1 heterocycles. The summed E-state index contributed by atoms with van der Waals surface area (Å²) in [5.74, 6) is -0.156. The van der Waals surface area contributed by atoms with Crippen molar-refractivity contribution in [3.8, 4) is 0 Å². The van der Waals surface area contributed by atoms with Crippen LogP contribution < -0.4 is 10.6 Å². The topological polar surface area (TPSA) is 84.0 Å². The van der Waals surface area contributed by atoms with E-state index < -0.39 is 0 Å². The Hall–Kier alpha value is -3.25. The van der Waals surface area contributed by atoms with E-state index >= 15 is 0 Å². The number of anilines is 3. The van der Waals surface area contributed by atoms with Gasteiger partial charge in [-0.05, 0) is 49.4 Å². The molecular formula is C19H15ClN4O2. The molecule has 6 nitrogen and oxygen atoms in total. The molecule has 2 N–H and O–H groups in total. The Balaban J connectivity index is 1.74. The number of rotatable bonds is 5. The molecule has 0 radical (unpaired) electrons. The summed E-state index contributed by atoms with van der Waals surface area (Å²) in [6, 6.07) is 15.3. The fourth-order valence-corrected chi connectivity index (χ4v) is 2.39. The van der Waals surface area contributed by atoms with Gasteiger partial charge in [0.15, 0.2) is 5.78 Å². The summed E-state index contributed by atoms with van der Waals surface area (Å²) in [7, 11) is 0. The molecule has 3 aromatic rings. The summed E-state index contributed by atoms with van der Waals surface area (Å²) in [5.41, 5.74) is 1.99. The quantitative estimate of drug-likeness (QED) is 0.656. The number of nitrogens with one attached hydrogen (secondary N) is 2. The molecule has 7 heteroatoms. The van der Waals surface area contributed by atoms with Crippen molar-refractivity contribution in [3.63, 3.8) is 0 Å². The van der Waals surface area contributed by atoms with Crippen molar-refractivity contribution in [1.29, 1.82) is 0 Å². The first-order chi connectivity index (χ1) is 12.5. The van der Waals surface area contributed by atoms with Crippen molar-refractivity contribution in [2.24, 2.45) is 0 Å². The second-order valence-corrected chi connectivity index (χ2v) is 5.87. The molecule has 0 saturated heterocycles. The van der Waals surface area contributed by atoms with Gasteiger partial charge in [-0.15, -0.1) is 0 Å². The lowest BCUT2D eigenvalue weighted by Crippen LogP contribution is -2.14. The smallest absolute Gasteiger partial charge is 0.274 e. The molecule has 0 saturated carbocycles. The molecule has 1 amide bonds. The average Bonchev–Trinajstić information content (AvgIpc) is 2.64. The van der Waals surface area contributed by atoms with Crippen LogP contribution in [0.5, 0.6) is 0 Å². The zero-order valence-electron chi connectivity index (χ0n) is 13.9. The lowest BCUT2D eigenvalue weighted by molar-refractivity contribution is 0.101. The van der Waals surface area contributed by atoms with Crippen LogP contribution >= 0.6 is 11.6 Å². The molecule has 1 aromatic heterocycles. The van der Waals surface area contributed by atoms with Crippen molar-refractivity contribution >= 4 is 40.6 Å². The van der Waals surface area contributed by atoms with E-state index in [1.165, 1.54) is 19.2 Å². The Bertz CT molecular complexity index is 958. The van der Waals surface area contributed by atoms with Crippen LogP contribution in [0.2, 0.25) is 5.02 Å². The van der Waals surface area contributed by atoms with Crippen LogP contribution in [0.1, 0.15) is 27.8 Å². The first kappa shape index (κ1) is 17.6. The fourth-order valence-electron chi connectivity index (χ4n) is 2.21. The fraction of sp³-hybridized carbons (Fsp3) is 0.0526. The van der Waals surface area contributed by atoms with Crippen molar-refractivity contribution in [1.82, 2.24) is 9.97 Å². The number of Topliss-reactive ketones (excluding diaryl/α,β-unsaturated/α-hetero) is 1. The van der Waals surface area contributed by atoms with Crippen LogP contribution in [-0.2, 0) is 0 Å². The van der Waals surface area contributed by atoms with Gasteiger partial charge in [0.2, 0.25) is 5.95 Å². The third-order valence-corrected chi connectivity index (χ3v) is 3.89. The highest BCUT2D eigenvalue weighted by Crippen LogP contribution is 2.23. The SMILES string of the molecule is CC(=O)c1ccc(NC(=O)c2ccnc(Nc3ccccc3Cl)n2)cc1. The second-order valence-electron chi connectivity index (χ2n) is 5.46. The van der Waals surface area contributed by atoms with Gasteiger partial charge in [0.1, 0.15) is 5.69 Å². The number of nitrogens with zero attached hydrogens (tertiary/aromatic N) is 2. The molecule has 0 atom stereocenters. The van der Waals surface area contributed by atoms with Crippen LogP contribution in [0.4, 0.5) is 17.3 Å². The summed E-state index contributed by atoms with van der Waals surface area (Å²) < 4.78 is 0. The van der Waals surface area contributed by atoms with E-state index in [1.54, 1.807) is 36.4 Å². The largest absolute Gasteiger partial charge is 0.323 e. The predicted molar refractivity (Wildman–Crippen MR) is 101 cm³/mol. The number of ketones is 1. The van der Waals surface area contributed by atoms with Gasteiger partial charge in [-0.3, -0.25) is 9.59 Å². The first-order valence-electron chi connectivity index (χ1n) is 7.80. The minimum Gasteiger partial charge on any atom is -0.323 e. The number of hydrogen-bond donors (Lipinski definition) is 2. The van der Waals surface area contributed by atoms with Gasteiger partial charge in [-0.1, -0.05) is 23.7 Å². The highest BCUT2D eigenvalue weighted by molar-refractivity contribution is 6.33. The van der Waals surface area contributed by atoms with E-state index in [9.17, 15) is 9.59 Å². The lowest BCUT2D eigenvalue weighted by atomic mass is 10.1. The van der Waals surface area contributed by atoms with Crippen molar-refractivity contribution in [2.75, 3.05) is 10.6 Å². The Morgan fingerprint density at radius 2 is 1.73 bits per heavy atom. The zero-order valence-corrected chi connectivity index (χ0v) is 14.6. The van der Waals surface area contributed by atoms with Gasteiger partial charge in [0, 0.05) is 17.4 Å². The van der Waals surface area contributed by atoms with Crippen LogP contribution in [0.15, 0.2) is 60.8 Å². The maximum Gasteiger partial charge on any atom is 0.274 e. The molecule has 130 valence electrons. The van der Waals surface area contributed by atoms with Crippen molar-refractivity contribution in [3.05, 3.63) is 77.1 Å². The number of aromatic nitrogens is 2. The number of carbonyl (C=O) groups is 2. The highest BCUT2D eigenvalue weighted by atomic mass is 35.5. The summed E-state index contributed by atoms with van der Waals surface area (Å²) >= 11 is 6.10. The molecule has 0 bridgehead atoms. The Labute approximate surface area is 155 Å². The van der Waals surface area contributed by atoms with Crippen LogP contribution in [0.25, 0.3) is 0 Å². The minimum absolute atomic E-state index is 0.0334. The predicted octanol–water partition coefficient (Wildman–Crippen LogP) is 4.33. The summed E-state index contributed by atoms with van der Waals surface area (Å²) in [4.78, 5) is 32.0. The molecular weight excluding hydrogens is 352 g/mol.